The Hall–Kier alpha value is -1.26. The van der Waals surface area contributed by atoms with E-state index in [1.807, 2.05) is 0 Å². The average Bonchev–Trinajstić information content (AvgIpc) is 2.29. The number of carbonyl (C=O) groups is 2. The summed E-state index contributed by atoms with van der Waals surface area (Å²) in [5, 5.41) is 7.98. The molecule has 5 heteroatoms. The minimum absolute atomic E-state index is 0.0227. The zero-order valence-electron chi connectivity index (χ0n) is 11.8. The highest BCUT2D eigenvalue weighted by molar-refractivity contribution is 5.83. The van der Waals surface area contributed by atoms with Crippen molar-refractivity contribution in [2.45, 2.75) is 46.1 Å². The first-order chi connectivity index (χ1) is 8.34. The minimum Gasteiger partial charge on any atom is -0.358 e. The van der Waals surface area contributed by atoms with E-state index >= 15 is 0 Å². The van der Waals surface area contributed by atoms with Crippen LogP contribution in [0.25, 0.3) is 0 Å². The second-order valence-corrected chi connectivity index (χ2v) is 5.99. The van der Waals surface area contributed by atoms with Gasteiger partial charge in [0, 0.05) is 13.1 Å². The van der Waals surface area contributed by atoms with Crippen molar-refractivity contribution in [3.05, 3.63) is 0 Å². The summed E-state index contributed by atoms with van der Waals surface area (Å²) in [6, 6.07) is -0.0436. The molecule has 2 atom stereocenters. The van der Waals surface area contributed by atoms with Crippen LogP contribution in [0.5, 0.6) is 0 Å². The molecule has 0 bridgehead atoms. The Morgan fingerprint density at radius 3 is 2.56 bits per heavy atom. The molecule has 0 saturated heterocycles. The van der Waals surface area contributed by atoms with Crippen LogP contribution in [0.1, 0.15) is 40.0 Å². The Kier molecular flexibility index (Phi) is 4.99. The molecule has 0 spiro atoms. The molecule has 2 unspecified atom stereocenters. The fourth-order valence-electron chi connectivity index (χ4n) is 2.63. The van der Waals surface area contributed by atoms with E-state index in [0.29, 0.717) is 11.3 Å². The van der Waals surface area contributed by atoms with E-state index in [4.69, 9.17) is 0 Å². The van der Waals surface area contributed by atoms with E-state index in [2.05, 4.69) is 36.7 Å². The third kappa shape index (κ3) is 4.55. The zero-order chi connectivity index (χ0) is 13.8. The van der Waals surface area contributed by atoms with Gasteiger partial charge in [-0.3, -0.25) is 4.79 Å². The van der Waals surface area contributed by atoms with E-state index in [9.17, 15) is 9.59 Å². The second kappa shape index (κ2) is 6.07. The fourth-order valence-corrected chi connectivity index (χ4v) is 2.63. The highest BCUT2D eigenvalue weighted by Gasteiger charge is 2.32. The number of nitrogens with one attached hydrogen (secondary N) is 3. The molecule has 3 amide bonds. The highest BCUT2D eigenvalue weighted by Crippen LogP contribution is 2.38. The number of carbonyl (C=O) groups excluding carboxylic acids is 2. The van der Waals surface area contributed by atoms with Gasteiger partial charge in [0.15, 0.2) is 0 Å². The average molecular weight is 255 g/mol. The van der Waals surface area contributed by atoms with Crippen molar-refractivity contribution in [1.82, 2.24) is 16.0 Å². The molecular formula is C13H25N3O2. The lowest BCUT2D eigenvalue weighted by molar-refractivity contribution is -0.119. The molecule has 0 aromatic heterocycles. The Labute approximate surface area is 109 Å². The Morgan fingerprint density at radius 1 is 1.33 bits per heavy atom. The van der Waals surface area contributed by atoms with Crippen LogP contribution < -0.4 is 16.0 Å². The summed E-state index contributed by atoms with van der Waals surface area (Å²) in [6.45, 7) is 6.73. The van der Waals surface area contributed by atoms with E-state index in [0.717, 1.165) is 19.3 Å². The van der Waals surface area contributed by atoms with Gasteiger partial charge in [-0.15, -0.1) is 0 Å². The van der Waals surface area contributed by atoms with Gasteiger partial charge in [0.25, 0.3) is 0 Å². The Bertz CT molecular complexity index is 315. The molecule has 3 N–H and O–H groups in total. The van der Waals surface area contributed by atoms with Gasteiger partial charge in [-0.05, 0) is 30.6 Å². The lowest BCUT2D eigenvalue weighted by atomic mass is 9.70. The van der Waals surface area contributed by atoms with Gasteiger partial charge in [-0.1, -0.05) is 20.8 Å². The molecular weight excluding hydrogens is 230 g/mol. The van der Waals surface area contributed by atoms with Crippen LogP contribution in [-0.2, 0) is 4.79 Å². The smallest absolute Gasteiger partial charge is 0.315 e. The van der Waals surface area contributed by atoms with Gasteiger partial charge in [-0.25, -0.2) is 4.79 Å². The Balaban J connectivity index is 2.34. The standard InChI is InChI=1S/C13H25N3O2/c1-9-7-13(2,3)6-5-10(9)16-12(18)15-8-11(17)14-4/h9-10H,5-8H2,1-4H3,(H,14,17)(H2,15,16,18). The van der Waals surface area contributed by atoms with E-state index in [-0.39, 0.29) is 24.5 Å². The molecule has 1 aliphatic rings. The number of hydrogen-bond acceptors (Lipinski definition) is 2. The number of rotatable bonds is 3. The van der Waals surface area contributed by atoms with Crippen molar-refractivity contribution in [2.24, 2.45) is 11.3 Å². The van der Waals surface area contributed by atoms with Gasteiger partial charge in [0.1, 0.15) is 0 Å². The van der Waals surface area contributed by atoms with Crippen molar-refractivity contribution in [1.29, 1.82) is 0 Å². The maximum Gasteiger partial charge on any atom is 0.315 e. The largest absolute Gasteiger partial charge is 0.358 e. The van der Waals surface area contributed by atoms with Gasteiger partial charge >= 0.3 is 6.03 Å². The maximum absolute atomic E-state index is 11.6. The van der Waals surface area contributed by atoms with Gasteiger partial charge in [0.2, 0.25) is 5.91 Å². The second-order valence-electron chi connectivity index (χ2n) is 5.99. The van der Waals surface area contributed by atoms with Crippen LogP contribution in [-0.4, -0.2) is 31.6 Å². The molecule has 0 aromatic carbocycles. The van der Waals surface area contributed by atoms with Crippen molar-refractivity contribution in [3.8, 4) is 0 Å². The molecule has 5 nitrogen and oxygen atoms in total. The summed E-state index contributed by atoms with van der Waals surface area (Å²) in [5.41, 5.74) is 0.371. The van der Waals surface area contributed by atoms with Crippen LogP contribution in [0.2, 0.25) is 0 Å². The first-order valence-electron chi connectivity index (χ1n) is 6.59. The number of amides is 3. The van der Waals surface area contributed by atoms with Crippen LogP contribution in [0.15, 0.2) is 0 Å². The lowest BCUT2D eigenvalue weighted by Crippen LogP contribution is -2.49. The molecule has 0 heterocycles. The highest BCUT2D eigenvalue weighted by atomic mass is 16.2. The van der Waals surface area contributed by atoms with Crippen molar-refractivity contribution < 1.29 is 9.59 Å². The van der Waals surface area contributed by atoms with Crippen molar-refractivity contribution >= 4 is 11.9 Å². The van der Waals surface area contributed by atoms with Gasteiger partial charge in [0.05, 0.1) is 6.54 Å². The molecule has 0 aliphatic heterocycles. The molecule has 1 aliphatic carbocycles. The molecule has 0 radical (unpaired) electrons. The summed E-state index contributed by atoms with van der Waals surface area (Å²) in [6.07, 6.45) is 3.24. The number of likely N-dealkylation sites (N-methyl/N-ethyl adjacent to an activating group) is 1. The zero-order valence-corrected chi connectivity index (χ0v) is 11.8. The number of urea groups is 1. The molecule has 104 valence electrons. The van der Waals surface area contributed by atoms with E-state index in [1.54, 1.807) is 7.05 Å². The number of hydrogen-bond donors (Lipinski definition) is 3. The topological polar surface area (TPSA) is 70.2 Å². The fraction of sp³-hybridized carbons (Fsp3) is 0.846. The molecule has 18 heavy (non-hydrogen) atoms. The summed E-state index contributed by atoms with van der Waals surface area (Å²) < 4.78 is 0. The van der Waals surface area contributed by atoms with Crippen LogP contribution in [0.4, 0.5) is 4.79 Å². The van der Waals surface area contributed by atoms with Crippen LogP contribution >= 0.6 is 0 Å². The first-order valence-corrected chi connectivity index (χ1v) is 6.59. The lowest BCUT2D eigenvalue weighted by Gasteiger charge is -2.39. The van der Waals surface area contributed by atoms with Crippen molar-refractivity contribution in [3.63, 3.8) is 0 Å². The van der Waals surface area contributed by atoms with Crippen LogP contribution in [0, 0.1) is 11.3 Å². The summed E-state index contributed by atoms with van der Waals surface area (Å²) in [4.78, 5) is 22.6. The van der Waals surface area contributed by atoms with Crippen molar-refractivity contribution in [2.75, 3.05) is 13.6 Å². The predicted molar refractivity (Wildman–Crippen MR) is 71.2 cm³/mol. The van der Waals surface area contributed by atoms with E-state index in [1.165, 1.54) is 0 Å². The third-order valence-electron chi connectivity index (χ3n) is 3.70. The maximum atomic E-state index is 11.6. The molecule has 1 saturated carbocycles. The SMILES string of the molecule is CNC(=O)CNC(=O)NC1CCC(C)(C)CC1C. The normalized spacial score (nSPS) is 26.2. The predicted octanol–water partition coefficient (Wildman–Crippen LogP) is 1.25. The minimum atomic E-state index is -0.254. The van der Waals surface area contributed by atoms with Gasteiger partial charge in [-0.2, -0.15) is 0 Å². The summed E-state index contributed by atoms with van der Waals surface area (Å²) >= 11 is 0. The third-order valence-corrected chi connectivity index (χ3v) is 3.70. The van der Waals surface area contributed by atoms with Crippen LogP contribution in [0.3, 0.4) is 0 Å². The Morgan fingerprint density at radius 2 is 2.00 bits per heavy atom. The molecule has 1 rings (SSSR count). The first kappa shape index (κ1) is 14.8. The molecule has 1 fully saturated rings. The van der Waals surface area contributed by atoms with Gasteiger partial charge < -0.3 is 16.0 Å². The quantitative estimate of drug-likeness (QED) is 0.710. The van der Waals surface area contributed by atoms with E-state index < -0.39 is 0 Å². The monoisotopic (exact) mass is 255 g/mol. The summed E-state index contributed by atoms with van der Waals surface area (Å²) in [7, 11) is 1.55. The summed E-state index contributed by atoms with van der Waals surface area (Å²) in [5.74, 6) is 0.280. The molecule has 0 aromatic rings.